The highest BCUT2D eigenvalue weighted by Gasteiger charge is 2.10. The summed E-state index contributed by atoms with van der Waals surface area (Å²) in [5.41, 5.74) is 6.81. The average Bonchev–Trinajstić information content (AvgIpc) is 2.91. The SMILES string of the molecule is CNNC(=O)c1cccc(C(=O)NCc2nc(C)cs2)c1. The molecule has 0 atom stereocenters. The Hall–Kier alpha value is -2.25. The number of hydrogen-bond donors (Lipinski definition) is 3. The molecular weight excluding hydrogens is 288 g/mol. The van der Waals surface area contributed by atoms with E-state index in [0.717, 1.165) is 10.7 Å². The van der Waals surface area contributed by atoms with Gasteiger partial charge < -0.3 is 5.32 Å². The second-order valence-electron chi connectivity index (χ2n) is 4.35. The largest absolute Gasteiger partial charge is 0.346 e. The third-order valence-electron chi connectivity index (χ3n) is 2.69. The molecule has 0 radical (unpaired) electrons. The van der Waals surface area contributed by atoms with E-state index in [1.807, 2.05) is 12.3 Å². The maximum Gasteiger partial charge on any atom is 0.265 e. The van der Waals surface area contributed by atoms with E-state index < -0.39 is 0 Å². The molecular formula is C14H16N4O2S. The van der Waals surface area contributed by atoms with E-state index in [1.54, 1.807) is 31.3 Å². The Bertz CT molecular complexity index is 654. The molecule has 1 aromatic carbocycles. The Kier molecular flexibility index (Phi) is 5.02. The van der Waals surface area contributed by atoms with E-state index >= 15 is 0 Å². The Morgan fingerprint density at radius 3 is 2.57 bits per heavy atom. The lowest BCUT2D eigenvalue weighted by molar-refractivity contribution is 0.0938. The molecule has 110 valence electrons. The zero-order valence-corrected chi connectivity index (χ0v) is 12.6. The zero-order valence-electron chi connectivity index (χ0n) is 11.8. The number of aryl methyl sites for hydroxylation is 1. The minimum atomic E-state index is -0.289. The number of hydrazine groups is 1. The van der Waals surface area contributed by atoms with Crippen molar-refractivity contribution in [2.75, 3.05) is 7.05 Å². The van der Waals surface area contributed by atoms with E-state index in [2.05, 4.69) is 21.2 Å². The fraction of sp³-hybridized carbons (Fsp3) is 0.214. The Balaban J connectivity index is 2.02. The van der Waals surface area contributed by atoms with Crippen molar-refractivity contribution < 1.29 is 9.59 Å². The van der Waals surface area contributed by atoms with Gasteiger partial charge in [-0.2, -0.15) is 0 Å². The van der Waals surface area contributed by atoms with Gasteiger partial charge in [0.25, 0.3) is 11.8 Å². The fourth-order valence-corrected chi connectivity index (χ4v) is 2.44. The van der Waals surface area contributed by atoms with E-state index in [-0.39, 0.29) is 11.8 Å². The van der Waals surface area contributed by atoms with E-state index in [9.17, 15) is 9.59 Å². The van der Waals surface area contributed by atoms with Gasteiger partial charge in [0.2, 0.25) is 0 Å². The maximum atomic E-state index is 12.1. The van der Waals surface area contributed by atoms with Gasteiger partial charge in [-0.25, -0.2) is 10.4 Å². The number of thiazole rings is 1. The monoisotopic (exact) mass is 304 g/mol. The average molecular weight is 304 g/mol. The minimum absolute atomic E-state index is 0.234. The van der Waals surface area contributed by atoms with Crippen LogP contribution >= 0.6 is 11.3 Å². The van der Waals surface area contributed by atoms with Crippen LogP contribution in [-0.4, -0.2) is 23.8 Å². The second kappa shape index (κ2) is 6.96. The third kappa shape index (κ3) is 4.11. The molecule has 0 aliphatic carbocycles. The Morgan fingerprint density at radius 2 is 1.95 bits per heavy atom. The van der Waals surface area contributed by atoms with Crippen LogP contribution in [0.15, 0.2) is 29.6 Å². The van der Waals surface area contributed by atoms with Crippen LogP contribution in [0.4, 0.5) is 0 Å². The quantitative estimate of drug-likeness (QED) is 0.726. The van der Waals surface area contributed by atoms with E-state index in [1.165, 1.54) is 11.3 Å². The summed E-state index contributed by atoms with van der Waals surface area (Å²) in [6.07, 6.45) is 0. The van der Waals surface area contributed by atoms with Crippen LogP contribution in [0.2, 0.25) is 0 Å². The number of benzene rings is 1. The lowest BCUT2D eigenvalue weighted by Crippen LogP contribution is -2.34. The highest BCUT2D eigenvalue weighted by molar-refractivity contribution is 7.09. The molecule has 3 N–H and O–H groups in total. The van der Waals surface area contributed by atoms with Gasteiger partial charge in [-0.3, -0.25) is 15.0 Å². The normalized spacial score (nSPS) is 10.2. The summed E-state index contributed by atoms with van der Waals surface area (Å²) < 4.78 is 0. The molecule has 0 fully saturated rings. The van der Waals surface area contributed by atoms with Gasteiger partial charge in [0, 0.05) is 29.2 Å². The molecule has 2 rings (SSSR count). The Labute approximate surface area is 126 Å². The topological polar surface area (TPSA) is 83.1 Å². The summed E-state index contributed by atoms with van der Waals surface area (Å²) in [6.45, 7) is 2.29. The van der Waals surface area contributed by atoms with Crippen molar-refractivity contribution in [1.82, 2.24) is 21.2 Å². The van der Waals surface area contributed by atoms with Crippen LogP contribution in [0.3, 0.4) is 0 Å². The maximum absolute atomic E-state index is 12.1. The molecule has 21 heavy (non-hydrogen) atoms. The number of nitrogens with one attached hydrogen (secondary N) is 3. The summed E-state index contributed by atoms with van der Waals surface area (Å²) >= 11 is 1.50. The lowest BCUT2D eigenvalue weighted by atomic mass is 10.1. The molecule has 0 saturated heterocycles. The first kappa shape index (κ1) is 15.1. The summed E-state index contributed by atoms with van der Waals surface area (Å²) in [5, 5.41) is 5.57. The highest BCUT2D eigenvalue weighted by Crippen LogP contribution is 2.09. The van der Waals surface area contributed by atoms with Gasteiger partial charge >= 0.3 is 0 Å². The fourth-order valence-electron chi connectivity index (χ4n) is 1.73. The van der Waals surface area contributed by atoms with Crippen molar-refractivity contribution in [3.63, 3.8) is 0 Å². The molecule has 2 aromatic rings. The first-order chi connectivity index (χ1) is 10.1. The molecule has 7 heteroatoms. The van der Waals surface area contributed by atoms with Crippen LogP contribution in [0, 0.1) is 6.92 Å². The van der Waals surface area contributed by atoms with Gasteiger partial charge in [-0.1, -0.05) is 6.07 Å². The van der Waals surface area contributed by atoms with Crippen molar-refractivity contribution >= 4 is 23.2 Å². The van der Waals surface area contributed by atoms with Crippen LogP contribution in [-0.2, 0) is 6.54 Å². The Morgan fingerprint density at radius 1 is 1.24 bits per heavy atom. The van der Waals surface area contributed by atoms with Crippen molar-refractivity contribution in [3.05, 3.63) is 51.5 Å². The molecule has 0 unspecified atom stereocenters. The van der Waals surface area contributed by atoms with Crippen LogP contribution < -0.4 is 16.2 Å². The van der Waals surface area contributed by atoms with E-state index in [0.29, 0.717) is 17.7 Å². The standard InChI is InChI=1S/C14H16N4O2S/c1-9-8-21-12(17-9)7-16-13(19)10-4-3-5-11(6-10)14(20)18-15-2/h3-6,8,15H,7H2,1-2H3,(H,16,19)(H,18,20). The van der Waals surface area contributed by atoms with Crippen molar-refractivity contribution in [1.29, 1.82) is 0 Å². The van der Waals surface area contributed by atoms with Gasteiger partial charge in [0.15, 0.2) is 0 Å². The third-order valence-corrected chi connectivity index (χ3v) is 3.66. The highest BCUT2D eigenvalue weighted by atomic mass is 32.1. The molecule has 0 aliphatic heterocycles. The molecule has 2 amide bonds. The lowest BCUT2D eigenvalue weighted by Gasteiger charge is -2.06. The number of carbonyl (C=O) groups is 2. The number of amides is 2. The molecule has 0 saturated carbocycles. The predicted octanol–water partition coefficient (Wildman–Crippen LogP) is 1.25. The van der Waals surface area contributed by atoms with Gasteiger partial charge in [0.1, 0.15) is 5.01 Å². The molecule has 6 nitrogen and oxygen atoms in total. The summed E-state index contributed by atoms with van der Waals surface area (Å²) in [7, 11) is 1.60. The second-order valence-corrected chi connectivity index (χ2v) is 5.29. The summed E-state index contributed by atoms with van der Waals surface area (Å²) in [6, 6.07) is 6.54. The summed E-state index contributed by atoms with van der Waals surface area (Å²) in [4.78, 5) is 28.0. The zero-order chi connectivity index (χ0) is 15.2. The molecule has 0 aliphatic rings. The molecule has 0 bridgehead atoms. The van der Waals surface area contributed by atoms with Crippen molar-refractivity contribution in [2.24, 2.45) is 0 Å². The van der Waals surface area contributed by atoms with Crippen molar-refractivity contribution in [2.45, 2.75) is 13.5 Å². The molecule has 1 aromatic heterocycles. The van der Waals surface area contributed by atoms with E-state index in [4.69, 9.17) is 0 Å². The summed E-state index contributed by atoms with van der Waals surface area (Å²) in [5.74, 6) is -0.523. The van der Waals surface area contributed by atoms with Crippen LogP contribution in [0.1, 0.15) is 31.4 Å². The van der Waals surface area contributed by atoms with Crippen LogP contribution in [0.25, 0.3) is 0 Å². The number of rotatable bonds is 5. The van der Waals surface area contributed by atoms with Crippen LogP contribution in [0.5, 0.6) is 0 Å². The smallest absolute Gasteiger partial charge is 0.265 e. The minimum Gasteiger partial charge on any atom is -0.346 e. The first-order valence-electron chi connectivity index (χ1n) is 6.36. The van der Waals surface area contributed by atoms with Gasteiger partial charge in [-0.05, 0) is 25.1 Å². The van der Waals surface area contributed by atoms with Gasteiger partial charge in [-0.15, -0.1) is 11.3 Å². The number of aromatic nitrogens is 1. The van der Waals surface area contributed by atoms with Crippen molar-refractivity contribution in [3.8, 4) is 0 Å². The first-order valence-corrected chi connectivity index (χ1v) is 7.24. The molecule has 0 spiro atoms. The van der Waals surface area contributed by atoms with Gasteiger partial charge in [0.05, 0.1) is 6.54 Å². The predicted molar refractivity (Wildman–Crippen MR) is 81.0 cm³/mol. The number of nitrogens with zero attached hydrogens (tertiary/aromatic N) is 1. The molecule has 1 heterocycles. The number of hydrogen-bond acceptors (Lipinski definition) is 5. The number of carbonyl (C=O) groups excluding carboxylic acids is 2.